The summed E-state index contributed by atoms with van der Waals surface area (Å²) in [5.74, 6) is -0.126. The molecule has 2 atom stereocenters. The summed E-state index contributed by atoms with van der Waals surface area (Å²) in [6.07, 6.45) is 0.298. The average molecular weight is 372 g/mol. The smallest absolute Gasteiger partial charge is 0.404 e. The van der Waals surface area contributed by atoms with Crippen molar-refractivity contribution in [1.29, 1.82) is 0 Å². The summed E-state index contributed by atoms with van der Waals surface area (Å²) in [5.41, 5.74) is 0.372. The molecule has 0 aliphatic carbocycles. The van der Waals surface area contributed by atoms with Crippen molar-refractivity contribution >= 4 is 36.7 Å². The van der Waals surface area contributed by atoms with Crippen LogP contribution in [-0.2, 0) is 17.4 Å². The minimum Gasteiger partial charge on any atom is -0.404 e. The van der Waals surface area contributed by atoms with E-state index in [9.17, 15) is 14.7 Å². The fourth-order valence-electron chi connectivity index (χ4n) is 2.06. The van der Waals surface area contributed by atoms with E-state index in [0.29, 0.717) is 0 Å². The van der Waals surface area contributed by atoms with Crippen molar-refractivity contribution in [2.75, 3.05) is 0 Å². The van der Waals surface area contributed by atoms with Gasteiger partial charge in [0.05, 0.1) is 4.92 Å². The molecule has 0 spiro atoms. The van der Waals surface area contributed by atoms with Crippen molar-refractivity contribution in [3.63, 3.8) is 0 Å². The highest BCUT2D eigenvalue weighted by Crippen LogP contribution is 2.42. The number of alkyl halides is 2. The van der Waals surface area contributed by atoms with Crippen molar-refractivity contribution in [3.8, 4) is 5.75 Å². The number of phosphoric acid groups is 1. The first kappa shape index (κ1) is 19.2. The Balaban J connectivity index is 3.51. The Morgan fingerprint density at radius 3 is 2.14 bits per heavy atom. The molecule has 7 nitrogen and oxygen atoms in total. The minimum atomic E-state index is -4.80. The van der Waals surface area contributed by atoms with Crippen molar-refractivity contribution in [1.82, 2.24) is 0 Å². The summed E-state index contributed by atoms with van der Waals surface area (Å²) in [7, 11) is -4.80. The molecule has 2 N–H and O–H groups in total. The number of nitro groups is 1. The number of halogens is 2. The van der Waals surface area contributed by atoms with Crippen LogP contribution in [0.1, 0.15) is 25.0 Å². The topological polar surface area (TPSA) is 110 Å². The van der Waals surface area contributed by atoms with Gasteiger partial charge in [-0.2, -0.15) is 0 Å². The highest BCUT2D eigenvalue weighted by Gasteiger charge is 2.27. The lowest BCUT2D eigenvalue weighted by molar-refractivity contribution is -0.385. The number of nitro benzene ring substituents is 1. The summed E-state index contributed by atoms with van der Waals surface area (Å²) in [6, 6.07) is 2.30. The fourth-order valence-corrected chi connectivity index (χ4v) is 2.79. The Hall–Kier alpha value is -0.850. The first-order valence-corrected chi connectivity index (χ1v) is 8.74. The Bertz CT molecular complexity index is 602. The molecule has 0 saturated carbocycles. The fraction of sp³-hybridized carbons (Fsp3) is 0.500. The zero-order valence-electron chi connectivity index (χ0n) is 11.9. The Morgan fingerprint density at radius 2 is 1.73 bits per heavy atom. The van der Waals surface area contributed by atoms with E-state index in [2.05, 4.69) is 4.52 Å². The SMILES string of the molecule is CC(Cl)Cc1c(OP(=O)(O)O)ccc([N+](=O)[O-])c1CC(C)Cl. The number of hydrogen-bond donors (Lipinski definition) is 2. The first-order chi connectivity index (χ1) is 10.0. The largest absolute Gasteiger partial charge is 0.524 e. The lowest BCUT2D eigenvalue weighted by Crippen LogP contribution is -2.10. The molecule has 0 aromatic heterocycles. The third-order valence-corrected chi connectivity index (χ3v) is 3.49. The molecule has 0 radical (unpaired) electrons. The van der Waals surface area contributed by atoms with Crippen LogP contribution in [0.25, 0.3) is 0 Å². The monoisotopic (exact) mass is 371 g/mol. The lowest BCUT2D eigenvalue weighted by Gasteiger charge is -2.17. The van der Waals surface area contributed by atoms with Gasteiger partial charge in [-0.1, -0.05) is 0 Å². The zero-order chi connectivity index (χ0) is 17.1. The molecule has 22 heavy (non-hydrogen) atoms. The molecule has 1 aromatic rings. The number of benzene rings is 1. The highest BCUT2D eigenvalue weighted by molar-refractivity contribution is 7.46. The maximum atomic E-state index is 11.2. The van der Waals surface area contributed by atoms with Crippen LogP contribution >= 0.6 is 31.0 Å². The summed E-state index contributed by atoms with van der Waals surface area (Å²) in [6.45, 7) is 3.32. The van der Waals surface area contributed by atoms with Crippen LogP contribution in [0, 0.1) is 10.1 Å². The van der Waals surface area contributed by atoms with Crippen LogP contribution in [0.3, 0.4) is 0 Å². The number of phosphoric ester groups is 1. The van der Waals surface area contributed by atoms with Gasteiger partial charge in [0, 0.05) is 27.9 Å². The number of hydrogen-bond acceptors (Lipinski definition) is 4. The molecule has 0 heterocycles. The second-order valence-electron chi connectivity index (χ2n) is 4.85. The second kappa shape index (κ2) is 7.62. The molecule has 124 valence electrons. The summed E-state index contributed by atoms with van der Waals surface area (Å²) in [4.78, 5) is 28.6. The van der Waals surface area contributed by atoms with E-state index < -0.39 is 23.5 Å². The van der Waals surface area contributed by atoms with Crippen LogP contribution in [-0.4, -0.2) is 25.5 Å². The van der Waals surface area contributed by atoms with E-state index in [-0.39, 0.29) is 35.4 Å². The van der Waals surface area contributed by atoms with Crippen LogP contribution < -0.4 is 4.52 Å². The maximum absolute atomic E-state index is 11.2. The quantitative estimate of drug-likeness (QED) is 0.329. The van der Waals surface area contributed by atoms with Crippen LogP contribution in [0.15, 0.2) is 12.1 Å². The molecule has 10 heteroatoms. The predicted octanol–water partition coefficient (Wildman–Crippen LogP) is 3.41. The predicted molar refractivity (Wildman–Crippen MR) is 83.8 cm³/mol. The Labute approximate surface area is 137 Å². The number of rotatable bonds is 7. The van der Waals surface area contributed by atoms with Gasteiger partial charge in [-0.3, -0.25) is 19.9 Å². The summed E-state index contributed by atoms with van der Waals surface area (Å²) < 4.78 is 15.7. The third-order valence-electron chi connectivity index (χ3n) is 2.75. The van der Waals surface area contributed by atoms with Gasteiger partial charge >= 0.3 is 7.82 Å². The van der Waals surface area contributed by atoms with Gasteiger partial charge in [-0.05, 0) is 32.8 Å². The van der Waals surface area contributed by atoms with Crippen molar-refractivity contribution in [2.24, 2.45) is 0 Å². The van der Waals surface area contributed by atoms with Crippen molar-refractivity contribution in [2.45, 2.75) is 37.4 Å². The lowest BCUT2D eigenvalue weighted by atomic mass is 9.96. The van der Waals surface area contributed by atoms with Gasteiger partial charge in [0.1, 0.15) is 5.75 Å². The van der Waals surface area contributed by atoms with E-state index in [4.69, 9.17) is 33.0 Å². The van der Waals surface area contributed by atoms with Crippen molar-refractivity contribution in [3.05, 3.63) is 33.4 Å². The van der Waals surface area contributed by atoms with Crippen molar-refractivity contribution < 1.29 is 23.8 Å². The number of nitrogens with zero attached hydrogens (tertiary/aromatic N) is 1. The highest BCUT2D eigenvalue weighted by atomic mass is 35.5. The molecule has 0 aliphatic heterocycles. The Morgan fingerprint density at radius 1 is 1.23 bits per heavy atom. The Kier molecular flexibility index (Phi) is 6.65. The maximum Gasteiger partial charge on any atom is 0.524 e. The van der Waals surface area contributed by atoms with Crippen LogP contribution in [0.2, 0.25) is 0 Å². The third kappa shape index (κ3) is 5.74. The van der Waals surface area contributed by atoms with Crippen LogP contribution in [0.4, 0.5) is 5.69 Å². The first-order valence-electron chi connectivity index (χ1n) is 6.33. The molecule has 0 aliphatic rings. The molecule has 0 bridgehead atoms. The van der Waals surface area contributed by atoms with Gasteiger partial charge in [-0.15, -0.1) is 23.2 Å². The second-order valence-corrected chi connectivity index (χ2v) is 7.50. The molecule has 1 aromatic carbocycles. The summed E-state index contributed by atoms with van der Waals surface area (Å²) >= 11 is 11.9. The molecule has 1 rings (SSSR count). The molecule has 0 amide bonds. The van der Waals surface area contributed by atoms with E-state index in [1.807, 2.05) is 0 Å². The zero-order valence-corrected chi connectivity index (χ0v) is 14.3. The van der Waals surface area contributed by atoms with E-state index >= 15 is 0 Å². The van der Waals surface area contributed by atoms with E-state index in [0.717, 1.165) is 12.1 Å². The molecule has 2 unspecified atom stereocenters. The van der Waals surface area contributed by atoms with E-state index in [1.165, 1.54) is 0 Å². The van der Waals surface area contributed by atoms with Crippen LogP contribution in [0.5, 0.6) is 5.75 Å². The summed E-state index contributed by atoms with van der Waals surface area (Å²) in [5, 5.41) is 10.4. The molecular weight excluding hydrogens is 356 g/mol. The average Bonchev–Trinajstić information content (AvgIpc) is 2.29. The molecule has 0 fully saturated rings. The van der Waals surface area contributed by atoms with Gasteiger partial charge in [0.25, 0.3) is 5.69 Å². The molecular formula is C12H16Cl2NO6P. The van der Waals surface area contributed by atoms with E-state index in [1.54, 1.807) is 13.8 Å². The van der Waals surface area contributed by atoms with Gasteiger partial charge < -0.3 is 4.52 Å². The minimum absolute atomic E-state index is 0.126. The molecule has 0 saturated heterocycles. The van der Waals surface area contributed by atoms with Gasteiger partial charge in [0.2, 0.25) is 0 Å². The standard InChI is InChI=1S/C12H16Cl2NO6P/c1-7(13)5-9-10(6-8(2)14)12(21-22(18,19)20)4-3-11(9)15(16)17/h3-4,7-8H,5-6H2,1-2H3,(H2,18,19,20). The van der Waals surface area contributed by atoms with Gasteiger partial charge in [0.15, 0.2) is 0 Å². The van der Waals surface area contributed by atoms with Gasteiger partial charge in [-0.25, -0.2) is 4.57 Å². The normalized spacial score (nSPS) is 14.5.